The van der Waals surface area contributed by atoms with Gasteiger partial charge in [0.05, 0.1) is 5.92 Å². The van der Waals surface area contributed by atoms with Crippen molar-refractivity contribution in [2.75, 3.05) is 16.8 Å². The van der Waals surface area contributed by atoms with Crippen LogP contribution in [-0.4, -0.2) is 23.6 Å². The third-order valence-electron chi connectivity index (χ3n) is 3.39. The van der Waals surface area contributed by atoms with Crippen molar-refractivity contribution < 1.29 is 14.4 Å². The standard InChI is InChI=1S/C15H17ClN2O3/c1-2-3-13(19)17-11-4-6-12(7-5-11)18-9-10(15(16)21)8-14(18)20/h4-7,10H,2-3,8-9H2,1H3,(H,17,19)/t10-/m1/s1. The van der Waals surface area contributed by atoms with Gasteiger partial charge in [0.1, 0.15) is 0 Å². The summed E-state index contributed by atoms with van der Waals surface area (Å²) in [7, 11) is 0. The first kappa shape index (κ1) is 15.5. The maximum Gasteiger partial charge on any atom is 0.227 e. The molecule has 112 valence electrons. The van der Waals surface area contributed by atoms with Gasteiger partial charge in [0, 0.05) is 30.8 Å². The highest BCUT2D eigenvalue weighted by molar-refractivity contribution is 6.64. The molecule has 0 aliphatic carbocycles. The lowest BCUT2D eigenvalue weighted by Gasteiger charge is -2.16. The highest BCUT2D eigenvalue weighted by atomic mass is 35.5. The second kappa shape index (κ2) is 6.72. The first-order valence-corrected chi connectivity index (χ1v) is 7.28. The van der Waals surface area contributed by atoms with E-state index in [9.17, 15) is 14.4 Å². The van der Waals surface area contributed by atoms with Gasteiger partial charge in [-0.3, -0.25) is 14.4 Å². The number of benzene rings is 1. The van der Waals surface area contributed by atoms with E-state index in [-0.39, 0.29) is 18.2 Å². The van der Waals surface area contributed by atoms with E-state index in [1.165, 1.54) is 0 Å². The summed E-state index contributed by atoms with van der Waals surface area (Å²) in [5.41, 5.74) is 1.39. The topological polar surface area (TPSA) is 66.5 Å². The summed E-state index contributed by atoms with van der Waals surface area (Å²) in [6.45, 7) is 2.25. The zero-order valence-corrected chi connectivity index (χ0v) is 12.5. The molecule has 1 aromatic carbocycles. The molecule has 2 rings (SSSR count). The van der Waals surface area contributed by atoms with Crippen molar-refractivity contribution in [3.05, 3.63) is 24.3 Å². The van der Waals surface area contributed by atoms with Crippen LogP contribution in [-0.2, 0) is 14.4 Å². The number of amides is 2. The Bertz CT molecular complexity index is 557. The molecule has 0 spiro atoms. The van der Waals surface area contributed by atoms with E-state index < -0.39 is 11.2 Å². The summed E-state index contributed by atoms with van der Waals surface area (Å²) in [6, 6.07) is 6.99. The molecule has 0 bridgehead atoms. The van der Waals surface area contributed by atoms with Crippen LogP contribution >= 0.6 is 11.6 Å². The molecule has 0 saturated carbocycles. The quantitative estimate of drug-likeness (QED) is 0.850. The normalized spacial score (nSPS) is 17.9. The van der Waals surface area contributed by atoms with Crippen LogP contribution in [0.5, 0.6) is 0 Å². The number of anilines is 2. The average molecular weight is 309 g/mol. The molecule has 1 fully saturated rings. The summed E-state index contributed by atoms with van der Waals surface area (Å²) in [4.78, 5) is 36.1. The maximum absolute atomic E-state index is 11.9. The minimum atomic E-state index is -0.478. The molecule has 5 nitrogen and oxygen atoms in total. The van der Waals surface area contributed by atoms with E-state index in [1.54, 1.807) is 29.2 Å². The molecule has 1 heterocycles. The van der Waals surface area contributed by atoms with Crippen molar-refractivity contribution in [1.82, 2.24) is 0 Å². The molecule has 1 atom stereocenters. The van der Waals surface area contributed by atoms with Crippen LogP contribution in [0, 0.1) is 5.92 Å². The third kappa shape index (κ3) is 3.82. The molecule has 0 unspecified atom stereocenters. The Morgan fingerprint density at radius 2 is 2.00 bits per heavy atom. The van der Waals surface area contributed by atoms with Crippen molar-refractivity contribution in [2.45, 2.75) is 26.2 Å². The van der Waals surface area contributed by atoms with Gasteiger partial charge in [0.15, 0.2) is 0 Å². The fourth-order valence-electron chi connectivity index (χ4n) is 2.28. The van der Waals surface area contributed by atoms with Crippen LogP contribution in [0.2, 0.25) is 0 Å². The predicted octanol–water partition coefficient (Wildman–Crippen LogP) is 2.54. The van der Waals surface area contributed by atoms with E-state index in [2.05, 4.69) is 5.32 Å². The van der Waals surface area contributed by atoms with E-state index in [0.717, 1.165) is 6.42 Å². The molecule has 1 aliphatic rings. The number of carbonyl (C=O) groups is 3. The van der Waals surface area contributed by atoms with Gasteiger partial charge in [0.25, 0.3) is 0 Å². The Hall–Kier alpha value is -1.88. The molecule has 0 radical (unpaired) electrons. The lowest BCUT2D eigenvalue weighted by atomic mass is 10.1. The Balaban J connectivity index is 2.04. The molecular formula is C15H17ClN2O3. The van der Waals surface area contributed by atoms with E-state index in [1.807, 2.05) is 6.92 Å². The van der Waals surface area contributed by atoms with E-state index in [4.69, 9.17) is 11.6 Å². The van der Waals surface area contributed by atoms with E-state index in [0.29, 0.717) is 24.3 Å². The van der Waals surface area contributed by atoms with E-state index >= 15 is 0 Å². The van der Waals surface area contributed by atoms with Gasteiger partial charge in [0.2, 0.25) is 17.1 Å². The lowest BCUT2D eigenvalue weighted by molar-refractivity contribution is -0.120. The molecule has 21 heavy (non-hydrogen) atoms. The molecule has 1 aliphatic heterocycles. The van der Waals surface area contributed by atoms with Crippen LogP contribution in [0.25, 0.3) is 0 Å². The van der Waals surface area contributed by atoms with Crippen LogP contribution in [0.15, 0.2) is 24.3 Å². The second-order valence-corrected chi connectivity index (χ2v) is 5.43. The second-order valence-electron chi connectivity index (χ2n) is 5.05. The smallest absolute Gasteiger partial charge is 0.227 e. The van der Waals surface area contributed by atoms with Crippen LogP contribution in [0.3, 0.4) is 0 Å². The Morgan fingerprint density at radius 1 is 1.33 bits per heavy atom. The monoisotopic (exact) mass is 308 g/mol. The van der Waals surface area contributed by atoms with Gasteiger partial charge in [-0.1, -0.05) is 6.92 Å². The summed E-state index contributed by atoms with van der Waals surface area (Å²) in [5, 5.41) is 2.30. The summed E-state index contributed by atoms with van der Waals surface area (Å²) in [6.07, 6.45) is 1.42. The maximum atomic E-state index is 11.9. The van der Waals surface area contributed by atoms with Gasteiger partial charge in [-0.25, -0.2) is 0 Å². The highest BCUT2D eigenvalue weighted by Gasteiger charge is 2.34. The molecule has 6 heteroatoms. The van der Waals surface area contributed by atoms with Crippen LogP contribution < -0.4 is 10.2 Å². The number of carbonyl (C=O) groups excluding carboxylic acids is 3. The van der Waals surface area contributed by atoms with Gasteiger partial charge in [-0.05, 0) is 42.3 Å². The number of nitrogens with zero attached hydrogens (tertiary/aromatic N) is 1. The number of nitrogens with one attached hydrogen (secondary N) is 1. The van der Waals surface area contributed by atoms with Gasteiger partial charge in [-0.15, -0.1) is 0 Å². The molecule has 1 saturated heterocycles. The van der Waals surface area contributed by atoms with Crippen molar-refractivity contribution >= 4 is 40.0 Å². The Labute approximate surface area is 128 Å². The first-order valence-electron chi connectivity index (χ1n) is 6.91. The molecular weight excluding hydrogens is 292 g/mol. The number of hydrogen-bond donors (Lipinski definition) is 1. The molecule has 2 amide bonds. The first-order chi connectivity index (χ1) is 10.0. The summed E-state index contributed by atoms with van der Waals surface area (Å²) >= 11 is 5.45. The minimum absolute atomic E-state index is 0.0321. The summed E-state index contributed by atoms with van der Waals surface area (Å²) < 4.78 is 0. The van der Waals surface area contributed by atoms with Crippen LogP contribution in [0.4, 0.5) is 11.4 Å². The lowest BCUT2D eigenvalue weighted by Crippen LogP contribution is -2.25. The van der Waals surface area contributed by atoms with Crippen molar-refractivity contribution in [1.29, 1.82) is 0 Å². The van der Waals surface area contributed by atoms with Crippen molar-refractivity contribution in [3.63, 3.8) is 0 Å². The van der Waals surface area contributed by atoms with Crippen molar-refractivity contribution in [2.24, 2.45) is 5.92 Å². The van der Waals surface area contributed by atoms with Crippen molar-refractivity contribution in [3.8, 4) is 0 Å². The molecule has 1 aromatic rings. The number of hydrogen-bond acceptors (Lipinski definition) is 3. The van der Waals surface area contributed by atoms with Gasteiger partial charge in [-0.2, -0.15) is 0 Å². The zero-order valence-electron chi connectivity index (χ0n) is 11.8. The summed E-state index contributed by atoms with van der Waals surface area (Å²) in [5.74, 6) is -0.588. The molecule has 0 aromatic heterocycles. The SMILES string of the molecule is CCCC(=O)Nc1ccc(N2C[C@H](C(=O)Cl)CC2=O)cc1. The predicted molar refractivity (Wildman–Crippen MR) is 81.3 cm³/mol. The Kier molecular flexibility index (Phi) is 4.96. The fourth-order valence-corrected chi connectivity index (χ4v) is 2.43. The number of halogens is 1. The average Bonchev–Trinajstić information content (AvgIpc) is 2.82. The largest absolute Gasteiger partial charge is 0.326 e. The molecule has 1 N–H and O–H groups in total. The zero-order chi connectivity index (χ0) is 15.4. The van der Waals surface area contributed by atoms with Crippen LogP contribution in [0.1, 0.15) is 26.2 Å². The third-order valence-corrected chi connectivity index (χ3v) is 3.69. The Morgan fingerprint density at radius 3 is 2.52 bits per heavy atom. The highest BCUT2D eigenvalue weighted by Crippen LogP contribution is 2.27. The number of rotatable bonds is 5. The minimum Gasteiger partial charge on any atom is -0.326 e. The van der Waals surface area contributed by atoms with Gasteiger partial charge < -0.3 is 10.2 Å². The fraction of sp³-hybridized carbons (Fsp3) is 0.400. The van der Waals surface area contributed by atoms with Gasteiger partial charge >= 0.3 is 0 Å².